The number of benzene rings is 2. The molecule has 0 spiro atoms. The first kappa shape index (κ1) is 15.5. The van der Waals surface area contributed by atoms with E-state index in [9.17, 15) is 4.39 Å². The molecule has 0 aromatic heterocycles. The average Bonchev–Trinajstić information content (AvgIpc) is 2.48. The maximum absolute atomic E-state index is 13.2. The van der Waals surface area contributed by atoms with Crippen molar-refractivity contribution in [3.05, 3.63) is 63.4 Å². The minimum atomic E-state index is -0.307. The first-order valence-corrected chi connectivity index (χ1v) is 7.17. The molecule has 0 saturated carbocycles. The van der Waals surface area contributed by atoms with Gasteiger partial charge in [0.05, 0.1) is 10.2 Å². The minimum Gasteiger partial charge on any atom is -0.488 e. The standard InChI is InChI=1S/C16H15BrFNO2/c1-10-3-6-16(13(7-10)11(2)19-20)21-9-12-4-5-15(18)14(17)8-12/h3-8,20H,9H2,1-2H3. The number of oxime groups is 1. The molecule has 0 unspecified atom stereocenters. The van der Waals surface area contributed by atoms with E-state index >= 15 is 0 Å². The fourth-order valence-electron chi connectivity index (χ4n) is 1.90. The van der Waals surface area contributed by atoms with Crippen molar-refractivity contribution >= 4 is 21.6 Å². The van der Waals surface area contributed by atoms with Gasteiger partial charge in [-0.15, -0.1) is 0 Å². The quantitative estimate of drug-likeness (QED) is 0.493. The molecule has 0 atom stereocenters. The molecule has 0 heterocycles. The maximum atomic E-state index is 13.2. The molecule has 110 valence electrons. The van der Waals surface area contributed by atoms with Crippen molar-refractivity contribution in [2.24, 2.45) is 5.16 Å². The van der Waals surface area contributed by atoms with Crippen molar-refractivity contribution in [3.63, 3.8) is 0 Å². The van der Waals surface area contributed by atoms with Gasteiger partial charge in [-0.2, -0.15) is 0 Å². The molecular weight excluding hydrogens is 337 g/mol. The van der Waals surface area contributed by atoms with Crippen LogP contribution in [0.25, 0.3) is 0 Å². The molecule has 2 aromatic rings. The number of rotatable bonds is 4. The second-order valence-corrected chi connectivity index (χ2v) is 5.58. The number of ether oxygens (including phenoxy) is 1. The molecular formula is C16H15BrFNO2. The van der Waals surface area contributed by atoms with Gasteiger partial charge in [0.25, 0.3) is 0 Å². The lowest BCUT2D eigenvalue weighted by atomic mass is 10.1. The van der Waals surface area contributed by atoms with Crippen LogP contribution in [0.15, 0.2) is 46.0 Å². The molecule has 2 rings (SSSR count). The lowest BCUT2D eigenvalue weighted by Gasteiger charge is -2.12. The number of hydrogen-bond donors (Lipinski definition) is 1. The second-order valence-electron chi connectivity index (χ2n) is 4.72. The summed E-state index contributed by atoms with van der Waals surface area (Å²) < 4.78 is 19.4. The van der Waals surface area contributed by atoms with Crippen molar-refractivity contribution in [1.82, 2.24) is 0 Å². The summed E-state index contributed by atoms with van der Waals surface area (Å²) in [7, 11) is 0. The Kier molecular flexibility index (Phi) is 4.96. The minimum absolute atomic E-state index is 0.299. The average molecular weight is 352 g/mol. The van der Waals surface area contributed by atoms with Crippen LogP contribution in [0.2, 0.25) is 0 Å². The van der Waals surface area contributed by atoms with Crippen LogP contribution >= 0.6 is 15.9 Å². The summed E-state index contributed by atoms with van der Waals surface area (Å²) in [6.45, 7) is 3.96. The Balaban J connectivity index is 2.21. The molecule has 5 heteroatoms. The Bertz CT molecular complexity index is 686. The fourth-order valence-corrected chi connectivity index (χ4v) is 2.32. The third-order valence-electron chi connectivity index (χ3n) is 3.05. The molecule has 3 nitrogen and oxygen atoms in total. The first-order chi connectivity index (χ1) is 10.0. The van der Waals surface area contributed by atoms with Crippen molar-refractivity contribution in [2.75, 3.05) is 0 Å². The summed E-state index contributed by atoms with van der Waals surface area (Å²) in [5, 5.41) is 12.2. The molecule has 21 heavy (non-hydrogen) atoms. The third-order valence-corrected chi connectivity index (χ3v) is 3.66. The molecule has 0 aliphatic rings. The van der Waals surface area contributed by atoms with Crippen molar-refractivity contribution in [3.8, 4) is 5.75 Å². The Morgan fingerprint density at radius 1 is 1.29 bits per heavy atom. The van der Waals surface area contributed by atoms with Gasteiger partial charge in [0.1, 0.15) is 18.2 Å². The lowest BCUT2D eigenvalue weighted by molar-refractivity contribution is 0.303. The molecule has 0 saturated heterocycles. The molecule has 0 radical (unpaired) electrons. The van der Waals surface area contributed by atoms with Crippen LogP contribution in [0.1, 0.15) is 23.6 Å². The van der Waals surface area contributed by atoms with E-state index in [4.69, 9.17) is 9.94 Å². The molecule has 2 aromatic carbocycles. The zero-order chi connectivity index (χ0) is 15.4. The Hall–Kier alpha value is -1.88. The SMILES string of the molecule is CC(=NO)c1cc(C)ccc1OCc1ccc(F)c(Br)c1. The second kappa shape index (κ2) is 6.72. The highest BCUT2D eigenvalue weighted by Crippen LogP contribution is 2.23. The zero-order valence-corrected chi connectivity index (χ0v) is 13.3. The Morgan fingerprint density at radius 3 is 2.71 bits per heavy atom. The molecule has 0 bridgehead atoms. The first-order valence-electron chi connectivity index (χ1n) is 6.37. The van der Waals surface area contributed by atoms with Gasteiger partial charge in [0, 0.05) is 5.56 Å². The predicted molar refractivity (Wildman–Crippen MR) is 83.6 cm³/mol. The normalized spacial score (nSPS) is 11.5. The van der Waals surface area contributed by atoms with Crippen LogP contribution < -0.4 is 4.74 Å². The monoisotopic (exact) mass is 351 g/mol. The van der Waals surface area contributed by atoms with Gasteiger partial charge in [0.2, 0.25) is 0 Å². The van der Waals surface area contributed by atoms with Gasteiger partial charge in [-0.05, 0) is 59.6 Å². The molecule has 0 fully saturated rings. The van der Waals surface area contributed by atoms with Crippen molar-refractivity contribution in [1.29, 1.82) is 0 Å². The topological polar surface area (TPSA) is 41.8 Å². The van der Waals surface area contributed by atoms with Crippen LogP contribution in [-0.4, -0.2) is 10.9 Å². The van der Waals surface area contributed by atoms with E-state index in [1.54, 1.807) is 19.1 Å². The summed E-state index contributed by atoms with van der Waals surface area (Å²) in [6.07, 6.45) is 0. The van der Waals surface area contributed by atoms with Crippen LogP contribution in [0.3, 0.4) is 0 Å². The summed E-state index contributed by atoms with van der Waals surface area (Å²) in [5.74, 6) is 0.314. The molecule has 1 N–H and O–H groups in total. The molecule has 0 aliphatic heterocycles. The maximum Gasteiger partial charge on any atom is 0.137 e. The highest BCUT2D eigenvalue weighted by Gasteiger charge is 2.09. The Labute approximate surface area is 131 Å². The third kappa shape index (κ3) is 3.82. The van der Waals surface area contributed by atoms with Crippen LogP contribution in [0, 0.1) is 12.7 Å². The van der Waals surface area contributed by atoms with Crippen LogP contribution in [0.4, 0.5) is 4.39 Å². The van der Waals surface area contributed by atoms with Crippen LogP contribution in [-0.2, 0) is 6.61 Å². The zero-order valence-electron chi connectivity index (χ0n) is 11.7. The largest absolute Gasteiger partial charge is 0.488 e. The van der Waals surface area contributed by atoms with Crippen molar-refractivity contribution < 1.29 is 14.3 Å². The van der Waals surface area contributed by atoms with Gasteiger partial charge in [-0.3, -0.25) is 0 Å². The number of halogens is 2. The predicted octanol–water partition coefficient (Wildman–Crippen LogP) is 4.67. The van der Waals surface area contributed by atoms with Gasteiger partial charge in [-0.25, -0.2) is 4.39 Å². The van der Waals surface area contributed by atoms with E-state index in [2.05, 4.69) is 21.1 Å². The summed E-state index contributed by atoms with van der Waals surface area (Å²) in [4.78, 5) is 0. The number of hydrogen-bond acceptors (Lipinski definition) is 3. The van der Waals surface area contributed by atoms with E-state index in [-0.39, 0.29) is 5.82 Å². The highest BCUT2D eigenvalue weighted by atomic mass is 79.9. The summed E-state index contributed by atoms with van der Waals surface area (Å²) in [6, 6.07) is 10.4. The lowest BCUT2D eigenvalue weighted by Crippen LogP contribution is -2.03. The van der Waals surface area contributed by atoms with Gasteiger partial charge in [-0.1, -0.05) is 22.9 Å². The smallest absolute Gasteiger partial charge is 0.137 e. The summed E-state index contributed by atoms with van der Waals surface area (Å²) in [5.41, 5.74) is 3.10. The number of aryl methyl sites for hydroxylation is 1. The molecule has 0 amide bonds. The number of nitrogens with zero attached hydrogens (tertiary/aromatic N) is 1. The van der Waals surface area contributed by atoms with E-state index in [0.717, 1.165) is 16.7 Å². The van der Waals surface area contributed by atoms with E-state index < -0.39 is 0 Å². The van der Waals surface area contributed by atoms with Gasteiger partial charge >= 0.3 is 0 Å². The van der Waals surface area contributed by atoms with Gasteiger partial charge in [0.15, 0.2) is 0 Å². The molecule has 0 aliphatic carbocycles. The van der Waals surface area contributed by atoms with E-state index in [0.29, 0.717) is 22.5 Å². The van der Waals surface area contributed by atoms with E-state index in [1.165, 1.54) is 6.07 Å². The van der Waals surface area contributed by atoms with Gasteiger partial charge < -0.3 is 9.94 Å². The summed E-state index contributed by atoms with van der Waals surface area (Å²) >= 11 is 3.15. The van der Waals surface area contributed by atoms with Crippen LogP contribution in [0.5, 0.6) is 5.75 Å². The highest BCUT2D eigenvalue weighted by molar-refractivity contribution is 9.10. The Morgan fingerprint density at radius 2 is 2.05 bits per heavy atom. The van der Waals surface area contributed by atoms with Crippen molar-refractivity contribution in [2.45, 2.75) is 20.5 Å². The fraction of sp³-hybridized carbons (Fsp3) is 0.188. The van der Waals surface area contributed by atoms with E-state index in [1.807, 2.05) is 25.1 Å².